The minimum Gasteiger partial charge on any atom is -0.228 e. The van der Waals surface area contributed by atoms with Gasteiger partial charge in [-0.3, -0.25) is 0 Å². The van der Waals surface area contributed by atoms with Crippen molar-refractivity contribution in [3.8, 4) is 0 Å². The van der Waals surface area contributed by atoms with Crippen LogP contribution in [0.25, 0.3) is 10.2 Å². The Kier molecular flexibility index (Phi) is 2.70. The van der Waals surface area contributed by atoms with E-state index in [1.165, 1.54) is 4.70 Å². The smallest absolute Gasteiger partial charge is 0.204 e. The van der Waals surface area contributed by atoms with Crippen molar-refractivity contribution in [3.63, 3.8) is 0 Å². The maximum absolute atomic E-state index is 4.44. The Morgan fingerprint density at radius 3 is 2.67 bits per heavy atom. The number of hydrogen-bond donors (Lipinski definition) is 0. The van der Waals surface area contributed by atoms with Gasteiger partial charge in [-0.2, -0.15) is 0 Å². The highest BCUT2D eigenvalue weighted by Gasteiger charge is 2.05. The summed E-state index contributed by atoms with van der Waals surface area (Å²) < 4.78 is 3.21. The van der Waals surface area contributed by atoms with Gasteiger partial charge in [0.15, 0.2) is 0 Å². The molecule has 12 heavy (non-hydrogen) atoms. The van der Waals surface area contributed by atoms with Gasteiger partial charge in [-0.05, 0) is 12.1 Å². The molecule has 0 fully saturated rings. The molecule has 0 N–H and O–H groups in total. The van der Waals surface area contributed by atoms with E-state index in [1.807, 2.05) is 19.5 Å². The normalized spacial score (nSPS) is 10.5. The number of thiazole rings is 1. The number of anilines is 1. The maximum Gasteiger partial charge on any atom is 0.204 e. The van der Waals surface area contributed by atoms with Gasteiger partial charge in [0.2, 0.25) is 5.13 Å². The molecule has 62 valence electrons. The summed E-state index contributed by atoms with van der Waals surface area (Å²) in [6.07, 6.45) is 0. The molecule has 0 aliphatic rings. The first kappa shape index (κ1) is 8.95. The third-order valence-electron chi connectivity index (χ3n) is 1.43. The zero-order valence-electron chi connectivity index (χ0n) is 5.87. The van der Waals surface area contributed by atoms with Crippen molar-refractivity contribution in [1.29, 1.82) is 0 Å². The molecule has 1 aromatic heterocycles. The first-order valence-electron chi connectivity index (χ1n) is 3.24. The van der Waals surface area contributed by atoms with Crippen LogP contribution in [-0.2, 0) is 0 Å². The summed E-state index contributed by atoms with van der Waals surface area (Å²) in [6.45, 7) is 0. The Morgan fingerprint density at radius 1 is 1.25 bits per heavy atom. The molecule has 0 saturated carbocycles. The predicted molar refractivity (Wildman–Crippen MR) is 70.1 cm³/mol. The van der Waals surface area contributed by atoms with Crippen molar-refractivity contribution in [2.24, 2.45) is 0 Å². The molecule has 1 heterocycles. The molecule has 5 heteroatoms. The van der Waals surface area contributed by atoms with Gasteiger partial charge in [0.1, 0.15) is 0 Å². The number of para-hydroxylation sites is 1. The Hall–Kier alpha value is 0.370. The van der Waals surface area contributed by atoms with Crippen LogP contribution in [0.2, 0.25) is 0 Å². The molecule has 0 bridgehead atoms. The molecular formula is C7H4I2N2S. The average molecular weight is 402 g/mol. The Bertz CT molecular complexity index is 366. The van der Waals surface area contributed by atoms with E-state index >= 15 is 0 Å². The quantitative estimate of drug-likeness (QED) is 0.533. The molecule has 0 atom stereocenters. The van der Waals surface area contributed by atoms with Crippen LogP contribution in [0.3, 0.4) is 0 Å². The molecule has 0 saturated heterocycles. The summed E-state index contributed by atoms with van der Waals surface area (Å²) in [4.78, 5) is 4.44. The predicted octanol–water partition coefficient (Wildman–Crippen LogP) is 3.80. The van der Waals surface area contributed by atoms with Gasteiger partial charge in [-0.25, -0.2) is 6.31 Å². The molecule has 2 nitrogen and oxygen atoms in total. The lowest BCUT2D eigenvalue weighted by molar-refractivity contribution is 1.48. The zero-order chi connectivity index (χ0) is 8.55. The number of aromatic nitrogens is 1. The highest BCUT2D eigenvalue weighted by atomic mass is 127. The summed E-state index contributed by atoms with van der Waals surface area (Å²) in [5.41, 5.74) is 1.08. The number of benzene rings is 1. The molecular weight excluding hydrogens is 398 g/mol. The molecule has 1 aromatic carbocycles. The number of rotatable bonds is 1. The summed E-state index contributed by atoms with van der Waals surface area (Å²) in [5, 5.41) is 1.04. The summed E-state index contributed by atoms with van der Waals surface area (Å²) in [5.74, 6) is 0. The van der Waals surface area contributed by atoms with E-state index in [4.69, 9.17) is 0 Å². The molecule has 0 unspecified atom stereocenters. The second-order valence-electron chi connectivity index (χ2n) is 2.20. The number of nitrogens with zero attached hydrogens (tertiary/aromatic N) is 2. The Labute approximate surface area is 102 Å². The van der Waals surface area contributed by atoms with Crippen LogP contribution in [0, 0.1) is 0 Å². The van der Waals surface area contributed by atoms with Crippen LogP contribution < -0.4 is 1.33 Å². The van der Waals surface area contributed by atoms with Gasteiger partial charge in [0.05, 0.1) is 55.9 Å². The number of hydrogen-bond acceptors (Lipinski definition) is 3. The van der Waals surface area contributed by atoms with Crippen molar-refractivity contribution < 1.29 is 0 Å². The van der Waals surface area contributed by atoms with Gasteiger partial charge in [-0.15, -0.1) is 0 Å². The molecule has 0 radical (unpaired) electrons. The van der Waals surface area contributed by atoms with Crippen LogP contribution >= 0.6 is 57.1 Å². The molecule has 0 aliphatic heterocycles. The zero-order valence-corrected chi connectivity index (χ0v) is 11.0. The van der Waals surface area contributed by atoms with E-state index in [0.29, 0.717) is 0 Å². The van der Waals surface area contributed by atoms with Crippen molar-refractivity contribution in [3.05, 3.63) is 24.3 Å². The van der Waals surface area contributed by atoms with Gasteiger partial charge in [0, 0.05) is 0 Å². The van der Waals surface area contributed by atoms with Gasteiger partial charge in [0.25, 0.3) is 0 Å². The van der Waals surface area contributed by atoms with E-state index in [1.54, 1.807) is 11.3 Å². The summed E-state index contributed by atoms with van der Waals surface area (Å²) in [7, 11) is 0. The van der Waals surface area contributed by atoms with Crippen molar-refractivity contribution in [2.75, 3.05) is 1.33 Å². The first-order chi connectivity index (χ1) is 5.77. The highest BCUT2D eigenvalue weighted by molar-refractivity contribution is 14.2. The number of halogens is 2. The second kappa shape index (κ2) is 3.62. The lowest BCUT2D eigenvalue weighted by Crippen LogP contribution is -1.86. The molecule has 2 rings (SSSR count). The van der Waals surface area contributed by atoms with Crippen LogP contribution in [0.1, 0.15) is 0 Å². The lowest BCUT2D eigenvalue weighted by atomic mass is 10.3. The molecule has 0 spiro atoms. The van der Waals surface area contributed by atoms with E-state index in [2.05, 4.69) is 56.8 Å². The van der Waals surface area contributed by atoms with Gasteiger partial charge < -0.3 is 0 Å². The fraction of sp³-hybridized carbons (Fsp3) is 0. The monoisotopic (exact) mass is 402 g/mol. The third kappa shape index (κ3) is 1.67. The Morgan fingerprint density at radius 2 is 2.00 bits per heavy atom. The molecule has 0 aliphatic carbocycles. The minimum atomic E-state index is 1.04. The van der Waals surface area contributed by atoms with Gasteiger partial charge in [-0.1, -0.05) is 23.5 Å². The van der Waals surface area contributed by atoms with Crippen molar-refractivity contribution >= 4 is 72.4 Å². The van der Waals surface area contributed by atoms with Crippen LogP contribution in [0.4, 0.5) is 5.13 Å². The average Bonchev–Trinajstić information content (AvgIpc) is 2.46. The first-order valence-corrected chi connectivity index (χ1v) is 5.99. The summed E-state index contributed by atoms with van der Waals surface area (Å²) in [6, 6.07) is 8.17. The molecule has 2 aromatic rings. The fourth-order valence-electron chi connectivity index (χ4n) is 0.932. The number of fused-ring (bicyclic) bond motifs is 1. The second-order valence-corrected chi connectivity index (χ2v) is 6.98. The van der Waals surface area contributed by atoms with Gasteiger partial charge >= 0.3 is 0 Å². The summed E-state index contributed by atoms with van der Waals surface area (Å²) >= 11 is 6.13. The van der Waals surface area contributed by atoms with Crippen molar-refractivity contribution in [2.45, 2.75) is 0 Å². The standard InChI is InChI=1S/C7H4I2N2S/c8-11(9)7-10-5-3-1-2-4-6(5)12-7/h1-4H. The molecule has 0 amide bonds. The Balaban J connectivity index is 2.62. The van der Waals surface area contributed by atoms with E-state index < -0.39 is 0 Å². The third-order valence-corrected chi connectivity index (χ3v) is 4.02. The van der Waals surface area contributed by atoms with Crippen LogP contribution in [0.15, 0.2) is 24.3 Å². The largest absolute Gasteiger partial charge is 0.228 e. The maximum atomic E-state index is 4.44. The van der Waals surface area contributed by atoms with Crippen LogP contribution in [-0.4, -0.2) is 4.98 Å². The van der Waals surface area contributed by atoms with E-state index in [-0.39, 0.29) is 0 Å². The highest BCUT2D eigenvalue weighted by Crippen LogP contribution is 2.32. The lowest BCUT2D eigenvalue weighted by Gasteiger charge is -1.97. The van der Waals surface area contributed by atoms with E-state index in [9.17, 15) is 0 Å². The van der Waals surface area contributed by atoms with E-state index in [0.717, 1.165) is 10.6 Å². The fourth-order valence-corrected chi connectivity index (χ4v) is 2.51. The topological polar surface area (TPSA) is 16.1 Å². The van der Waals surface area contributed by atoms with Crippen LogP contribution in [0.5, 0.6) is 0 Å². The van der Waals surface area contributed by atoms with Crippen molar-refractivity contribution in [1.82, 2.24) is 4.98 Å². The minimum absolute atomic E-state index is 1.04. The SMILES string of the molecule is IN(I)c1nc2ccccc2s1.